The number of nitrogens with zero attached hydrogens (tertiary/aromatic N) is 1. The van der Waals surface area contributed by atoms with Crippen molar-refractivity contribution in [1.29, 1.82) is 0 Å². The van der Waals surface area contributed by atoms with Crippen molar-refractivity contribution < 1.29 is 18.4 Å². The van der Waals surface area contributed by atoms with E-state index in [2.05, 4.69) is 9.68 Å². The Kier molecular flexibility index (Phi) is 2.03. The van der Waals surface area contributed by atoms with Crippen molar-refractivity contribution in [3.63, 3.8) is 0 Å². The van der Waals surface area contributed by atoms with Gasteiger partial charge in [0.15, 0.2) is 11.6 Å². The third kappa shape index (κ3) is 1.50. The van der Waals surface area contributed by atoms with E-state index in [0.717, 1.165) is 6.07 Å². The quantitative estimate of drug-likeness (QED) is 0.757. The van der Waals surface area contributed by atoms with Crippen molar-refractivity contribution in [3.8, 4) is 16.9 Å². The Balaban J connectivity index is 2.64. The monoisotopic (exact) mass is 212 g/mol. The second-order valence-electron chi connectivity index (χ2n) is 2.89. The minimum atomic E-state index is -1.13. The number of hydrogen-bond acceptors (Lipinski definition) is 4. The van der Waals surface area contributed by atoms with E-state index in [4.69, 9.17) is 5.73 Å². The fourth-order valence-electron chi connectivity index (χ4n) is 1.20. The lowest BCUT2D eigenvalue weighted by Crippen LogP contribution is -1.89. The SMILES string of the molecule is Nc1oncc1-c1cc(F)c(F)cc1O. The second-order valence-corrected chi connectivity index (χ2v) is 2.89. The highest BCUT2D eigenvalue weighted by atomic mass is 19.2. The van der Waals surface area contributed by atoms with Crippen molar-refractivity contribution in [2.75, 3.05) is 5.73 Å². The van der Waals surface area contributed by atoms with E-state index < -0.39 is 17.4 Å². The Morgan fingerprint density at radius 2 is 1.87 bits per heavy atom. The summed E-state index contributed by atoms with van der Waals surface area (Å²) >= 11 is 0. The van der Waals surface area contributed by atoms with Gasteiger partial charge < -0.3 is 15.4 Å². The fraction of sp³-hybridized carbons (Fsp3) is 0. The topological polar surface area (TPSA) is 72.3 Å². The van der Waals surface area contributed by atoms with Crippen molar-refractivity contribution >= 4 is 5.88 Å². The van der Waals surface area contributed by atoms with Gasteiger partial charge in [-0.15, -0.1) is 0 Å². The summed E-state index contributed by atoms with van der Waals surface area (Å²) in [5.41, 5.74) is 5.62. The minimum absolute atomic E-state index is 0.0349. The Morgan fingerprint density at radius 1 is 1.20 bits per heavy atom. The first-order valence-corrected chi connectivity index (χ1v) is 3.98. The Labute approximate surface area is 82.9 Å². The summed E-state index contributed by atoms with van der Waals surface area (Å²) in [6.45, 7) is 0. The maximum atomic E-state index is 12.9. The van der Waals surface area contributed by atoms with Gasteiger partial charge in [0.25, 0.3) is 0 Å². The Hall–Kier alpha value is -2.11. The van der Waals surface area contributed by atoms with Crippen LogP contribution in [-0.4, -0.2) is 10.3 Å². The Bertz CT molecular complexity index is 511. The smallest absolute Gasteiger partial charge is 0.230 e. The zero-order chi connectivity index (χ0) is 11.0. The summed E-state index contributed by atoms with van der Waals surface area (Å²) < 4.78 is 30.1. The van der Waals surface area contributed by atoms with Gasteiger partial charge in [-0.25, -0.2) is 8.78 Å². The van der Waals surface area contributed by atoms with Crippen LogP contribution in [0.15, 0.2) is 22.9 Å². The van der Waals surface area contributed by atoms with Crippen LogP contribution in [0, 0.1) is 11.6 Å². The van der Waals surface area contributed by atoms with Crippen molar-refractivity contribution in [2.24, 2.45) is 0 Å². The highest BCUT2D eigenvalue weighted by Gasteiger charge is 2.15. The van der Waals surface area contributed by atoms with E-state index in [1.807, 2.05) is 0 Å². The molecule has 3 N–H and O–H groups in total. The molecule has 6 heteroatoms. The molecule has 0 fully saturated rings. The van der Waals surface area contributed by atoms with Crippen LogP contribution in [0.25, 0.3) is 11.1 Å². The molecule has 1 aromatic heterocycles. The molecule has 0 radical (unpaired) electrons. The first-order chi connectivity index (χ1) is 7.09. The van der Waals surface area contributed by atoms with Crippen LogP contribution >= 0.6 is 0 Å². The molecule has 0 spiro atoms. The summed E-state index contributed by atoms with van der Waals surface area (Å²) in [5.74, 6) is -2.71. The molecule has 0 saturated carbocycles. The van der Waals surface area contributed by atoms with Crippen LogP contribution in [0.1, 0.15) is 0 Å². The number of halogens is 2. The second kappa shape index (κ2) is 3.23. The molecule has 1 heterocycles. The van der Waals surface area contributed by atoms with E-state index in [1.54, 1.807) is 0 Å². The van der Waals surface area contributed by atoms with E-state index in [0.29, 0.717) is 6.07 Å². The number of rotatable bonds is 1. The summed E-state index contributed by atoms with van der Waals surface area (Å²) in [5, 5.41) is 12.7. The summed E-state index contributed by atoms with van der Waals surface area (Å²) in [4.78, 5) is 0. The number of phenolic OH excluding ortho intramolecular Hbond substituents is 1. The van der Waals surface area contributed by atoms with Crippen LogP contribution in [-0.2, 0) is 0 Å². The highest BCUT2D eigenvalue weighted by Crippen LogP contribution is 2.34. The third-order valence-electron chi connectivity index (χ3n) is 1.93. The number of hydrogen-bond donors (Lipinski definition) is 2. The molecule has 15 heavy (non-hydrogen) atoms. The van der Waals surface area contributed by atoms with Gasteiger partial charge >= 0.3 is 0 Å². The van der Waals surface area contributed by atoms with Gasteiger partial charge in [0.2, 0.25) is 5.88 Å². The van der Waals surface area contributed by atoms with Gasteiger partial charge in [0, 0.05) is 11.6 Å². The van der Waals surface area contributed by atoms with Gasteiger partial charge in [-0.2, -0.15) is 0 Å². The zero-order valence-electron chi connectivity index (χ0n) is 7.37. The minimum Gasteiger partial charge on any atom is -0.507 e. The van der Waals surface area contributed by atoms with E-state index in [1.165, 1.54) is 6.20 Å². The van der Waals surface area contributed by atoms with Gasteiger partial charge in [-0.3, -0.25) is 0 Å². The summed E-state index contributed by atoms with van der Waals surface area (Å²) in [6.07, 6.45) is 1.21. The maximum Gasteiger partial charge on any atom is 0.230 e. The number of benzene rings is 1. The molecular formula is C9H6F2N2O2. The zero-order valence-corrected chi connectivity index (χ0v) is 7.37. The molecule has 4 nitrogen and oxygen atoms in total. The standard InChI is InChI=1S/C9H6F2N2O2/c10-6-1-4(8(14)2-7(6)11)5-3-13-15-9(5)12/h1-3,14H,12H2. The predicted molar refractivity (Wildman–Crippen MR) is 47.9 cm³/mol. The highest BCUT2D eigenvalue weighted by molar-refractivity contribution is 5.76. The van der Waals surface area contributed by atoms with Crippen LogP contribution in [0.2, 0.25) is 0 Å². The number of anilines is 1. The number of phenols is 1. The molecule has 0 unspecified atom stereocenters. The van der Waals surface area contributed by atoms with Gasteiger partial charge in [0.1, 0.15) is 5.75 Å². The van der Waals surface area contributed by atoms with E-state index in [9.17, 15) is 13.9 Å². The molecule has 2 rings (SSSR count). The molecule has 78 valence electrons. The average molecular weight is 212 g/mol. The number of nitrogens with two attached hydrogens (primary N) is 1. The first-order valence-electron chi connectivity index (χ1n) is 3.98. The third-order valence-corrected chi connectivity index (χ3v) is 1.93. The summed E-state index contributed by atoms with van der Waals surface area (Å²) in [6, 6.07) is 1.49. The van der Waals surface area contributed by atoms with Crippen molar-refractivity contribution in [3.05, 3.63) is 30.0 Å². The lowest BCUT2D eigenvalue weighted by atomic mass is 10.1. The van der Waals surface area contributed by atoms with Crippen LogP contribution in [0.3, 0.4) is 0 Å². The van der Waals surface area contributed by atoms with E-state index >= 15 is 0 Å². The van der Waals surface area contributed by atoms with Gasteiger partial charge in [0.05, 0.1) is 11.8 Å². The predicted octanol–water partition coefficient (Wildman–Crippen LogP) is 1.91. The van der Waals surface area contributed by atoms with E-state index in [-0.39, 0.29) is 17.0 Å². The van der Waals surface area contributed by atoms with Crippen LogP contribution < -0.4 is 5.73 Å². The number of aromatic nitrogens is 1. The maximum absolute atomic E-state index is 12.9. The largest absolute Gasteiger partial charge is 0.507 e. The molecule has 2 aromatic rings. The van der Waals surface area contributed by atoms with Gasteiger partial charge in [-0.1, -0.05) is 5.16 Å². The number of nitrogen functional groups attached to an aromatic ring is 1. The van der Waals surface area contributed by atoms with Gasteiger partial charge in [-0.05, 0) is 6.07 Å². The molecular weight excluding hydrogens is 206 g/mol. The molecule has 0 amide bonds. The van der Waals surface area contributed by atoms with Crippen LogP contribution in [0.4, 0.5) is 14.7 Å². The summed E-state index contributed by atoms with van der Waals surface area (Å²) in [7, 11) is 0. The molecule has 0 bridgehead atoms. The molecule has 0 atom stereocenters. The molecule has 0 aliphatic heterocycles. The fourth-order valence-corrected chi connectivity index (χ4v) is 1.20. The lowest BCUT2D eigenvalue weighted by molar-refractivity contribution is 0.436. The average Bonchev–Trinajstić information content (AvgIpc) is 2.58. The van der Waals surface area contributed by atoms with Crippen molar-refractivity contribution in [1.82, 2.24) is 5.16 Å². The van der Waals surface area contributed by atoms with Crippen LogP contribution in [0.5, 0.6) is 5.75 Å². The molecule has 0 saturated heterocycles. The molecule has 0 aliphatic rings. The molecule has 0 aliphatic carbocycles. The Morgan fingerprint density at radius 3 is 2.47 bits per heavy atom. The first kappa shape index (κ1) is 9.45. The normalized spacial score (nSPS) is 10.5. The number of aromatic hydroxyl groups is 1. The van der Waals surface area contributed by atoms with Crippen molar-refractivity contribution in [2.45, 2.75) is 0 Å². The lowest BCUT2D eigenvalue weighted by Gasteiger charge is -2.02. The molecule has 1 aromatic carbocycles.